The van der Waals surface area contributed by atoms with Crippen molar-refractivity contribution >= 4 is 40.1 Å². The van der Waals surface area contributed by atoms with Crippen LogP contribution in [0.5, 0.6) is 0 Å². The Morgan fingerprint density at radius 2 is 1.60 bits per heavy atom. The van der Waals surface area contributed by atoms with Gasteiger partial charge >= 0.3 is 5.97 Å². The number of nitrogens with zero attached hydrogens (tertiary/aromatic N) is 2. The van der Waals surface area contributed by atoms with Crippen LogP contribution in [0, 0.1) is 0 Å². The van der Waals surface area contributed by atoms with Crippen LogP contribution in [0.1, 0.15) is 47.4 Å². The van der Waals surface area contributed by atoms with Crippen molar-refractivity contribution in [2.45, 2.75) is 45.9 Å². The standard InChI is InChI=1S/C32H32N4O4/c1-3-29(31(38)34-24-15-13-23(14-16-24)33-21(2)37)40-32(39)30-25-11-7-8-12-27(25)35-28-17-18-36(20-26(28)30)19-22-9-5-4-6-10-22/h4-16,29H,3,17-20H2,1-2H3,(H,33,37)(H,34,38). The van der Waals surface area contributed by atoms with Crippen molar-refractivity contribution in [1.82, 2.24) is 9.88 Å². The second-order valence-corrected chi connectivity index (χ2v) is 9.93. The predicted molar refractivity (Wildman–Crippen MR) is 155 cm³/mol. The van der Waals surface area contributed by atoms with Crippen molar-refractivity contribution in [2.24, 2.45) is 0 Å². The molecule has 0 bridgehead atoms. The highest BCUT2D eigenvalue weighted by Gasteiger charge is 2.29. The van der Waals surface area contributed by atoms with Crippen LogP contribution < -0.4 is 10.6 Å². The van der Waals surface area contributed by atoms with E-state index in [1.54, 1.807) is 31.2 Å². The first-order valence-electron chi connectivity index (χ1n) is 13.5. The van der Waals surface area contributed by atoms with E-state index in [0.29, 0.717) is 29.9 Å². The van der Waals surface area contributed by atoms with Crippen LogP contribution in [0.25, 0.3) is 10.9 Å². The number of ether oxygens (including phenoxy) is 1. The third kappa shape index (κ3) is 6.18. The van der Waals surface area contributed by atoms with Crippen LogP contribution in [-0.2, 0) is 33.8 Å². The van der Waals surface area contributed by atoms with Gasteiger partial charge in [-0.05, 0) is 42.3 Å². The van der Waals surface area contributed by atoms with Gasteiger partial charge in [-0.1, -0.05) is 55.5 Å². The fourth-order valence-electron chi connectivity index (χ4n) is 5.03. The summed E-state index contributed by atoms with van der Waals surface area (Å²) in [5.41, 5.74) is 5.33. The zero-order chi connectivity index (χ0) is 28.1. The number of para-hydroxylation sites is 1. The van der Waals surface area contributed by atoms with Crippen LogP contribution in [-0.4, -0.2) is 40.3 Å². The van der Waals surface area contributed by atoms with Gasteiger partial charge in [-0.15, -0.1) is 0 Å². The summed E-state index contributed by atoms with van der Waals surface area (Å²) in [5, 5.41) is 6.22. The molecule has 4 aromatic rings. The van der Waals surface area contributed by atoms with Gasteiger partial charge in [-0.3, -0.25) is 19.5 Å². The molecular weight excluding hydrogens is 504 g/mol. The highest BCUT2D eigenvalue weighted by atomic mass is 16.5. The normalized spacial score (nSPS) is 13.8. The molecular formula is C32H32N4O4. The molecule has 8 heteroatoms. The lowest BCUT2D eigenvalue weighted by Crippen LogP contribution is -2.34. The van der Waals surface area contributed by atoms with Gasteiger partial charge in [0.2, 0.25) is 5.91 Å². The minimum atomic E-state index is -0.978. The Balaban J connectivity index is 1.37. The number of pyridine rings is 1. The maximum atomic E-state index is 13.8. The molecule has 0 saturated heterocycles. The monoisotopic (exact) mass is 536 g/mol. The van der Waals surface area contributed by atoms with Crippen molar-refractivity contribution in [2.75, 3.05) is 17.2 Å². The lowest BCUT2D eigenvalue weighted by Gasteiger charge is -2.30. The summed E-state index contributed by atoms with van der Waals surface area (Å²) >= 11 is 0. The first kappa shape index (κ1) is 27.0. The summed E-state index contributed by atoms with van der Waals surface area (Å²) in [6.07, 6.45) is 0.0564. The predicted octanol–water partition coefficient (Wildman–Crippen LogP) is 5.33. The van der Waals surface area contributed by atoms with E-state index < -0.39 is 18.0 Å². The molecule has 40 heavy (non-hydrogen) atoms. The number of fused-ring (bicyclic) bond motifs is 2. The Hall–Kier alpha value is -4.56. The summed E-state index contributed by atoms with van der Waals surface area (Å²) in [5.74, 6) is -1.12. The third-order valence-electron chi connectivity index (χ3n) is 6.96. The summed E-state index contributed by atoms with van der Waals surface area (Å²) in [6.45, 7) is 5.40. The maximum Gasteiger partial charge on any atom is 0.340 e. The van der Waals surface area contributed by atoms with Crippen LogP contribution in [0.3, 0.4) is 0 Å². The minimum Gasteiger partial charge on any atom is -0.449 e. The van der Waals surface area contributed by atoms with Crippen molar-refractivity contribution in [3.63, 3.8) is 0 Å². The molecule has 1 aromatic heterocycles. The fraction of sp³-hybridized carbons (Fsp3) is 0.250. The number of esters is 1. The minimum absolute atomic E-state index is 0.177. The molecule has 0 fully saturated rings. The molecule has 0 spiro atoms. The molecule has 204 valence electrons. The highest BCUT2D eigenvalue weighted by molar-refractivity contribution is 6.06. The van der Waals surface area contributed by atoms with Crippen LogP contribution in [0.4, 0.5) is 11.4 Å². The third-order valence-corrected chi connectivity index (χ3v) is 6.96. The molecule has 1 aliphatic heterocycles. The van der Waals surface area contributed by atoms with Gasteiger partial charge < -0.3 is 15.4 Å². The van der Waals surface area contributed by atoms with Gasteiger partial charge in [0.05, 0.1) is 11.1 Å². The lowest BCUT2D eigenvalue weighted by atomic mass is 9.95. The highest BCUT2D eigenvalue weighted by Crippen LogP contribution is 2.30. The number of aromatic nitrogens is 1. The van der Waals surface area contributed by atoms with E-state index >= 15 is 0 Å². The Bertz CT molecular complexity index is 1540. The van der Waals surface area contributed by atoms with Crippen LogP contribution >= 0.6 is 0 Å². The zero-order valence-electron chi connectivity index (χ0n) is 22.6. The molecule has 0 radical (unpaired) electrons. The molecule has 2 heterocycles. The van der Waals surface area contributed by atoms with Gasteiger partial charge in [0.15, 0.2) is 6.10 Å². The van der Waals surface area contributed by atoms with E-state index in [2.05, 4.69) is 27.7 Å². The Morgan fingerprint density at radius 3 is 2.30 bits per heavy atom. The Kier molecular flexibility index (Phi) is 8.17. The summed E-state index contributed by atoms with van der Waals surface area (Å²) in [6, 6.07) is 24.6. The van der Waals surface area contributed by atoms with Crippen molar-refractivity contribution in [3.05, 3.63) is 101 Å². The van der Waals surface area contributed by atoms with Crippen LogP contribution in [0.2, 0.25) is 0 Å². The van der Waals surface area contributed by atoms with Gasteiger partial charge in [0, 0.05) is 61.0 Å². The quantitative estimate of drug-likeness (QED) is 0.296. The zero-order valence-corrected chi connectivity index (χ0v) is 22.6. The number of rotatable bonds is 8. The largest absolute Gasteiger partial charge is 0.449 e. The van der Waals surface area contributed by atoms with Crippen LogP contribution in [0.15, 0.2) is 78.9 Å². The van der Waals surface area contributed by atoms with Crippen molar-refractivity contribution < 1.29 is 19.1 Å². The topological polar surface area (TPSA) is 101 Å². The van der Waals surface area contributed by atoms with Gasteiger partial charge in [-0.25, -0.2) is 4.79 Å². The van der Waals surface area contributed by atoms with Gasteiger partial charge in [0.1, 0.15) is 0 Å². The molecule has 3 aromatic carbocycles. The second kappa shape index (κ2) is 12.1. The van der Waals surface area contributed by atoms with E-state index in [9.17, 15) is 14.4 Å². The van der Waals surface area contributed by atoms with E-state index in [0.717, 1.165) is 41.7 Å². The average Bonchev–Trinajstić information content (AvgIpc) is 2.95. The molecule has 2 N–H and O–H groups in total. The molecule has 0 saturated carbocycles. The first-order valence-corrected chi connectivity index (χ1v) is 13.5. The second-order valence-electron chi connectivity index (χ2n) is 9.93. The number of carbonyl (C=O) groups is 3. The van der Waals surface area contributed by atoms with Crippen molar-refractivity contribution in [1.29, 1.82) is 0 Å². The number of benzene rings is 3. The molecule has 1 aliphatic rings. The number of anilines is 2. The van der Waals surface area contributed by atoms with E-state index in [1.165, 1.54) is 12.5 Å². The molecule has 2 amide bonds. The molecule has 8 nitrogen and oxygen atoms in total. The number of amides is 2. The fourth-order valence-corrected chi connectivity index (χ4v) is 5.03. The number of carbonyl (C=O) groups excluding carboxylic acids is 3. The Labute approximate surface area is 233 Å². The van der Waals surface area contributed by atoms with E-state index in [4.69, 9.17) is 9.72 Å². The molecule has 5 rings (SSSR count). The molecule has 1 unspecified atom stereocenters. The summed E-state index contributed by atoms with van der Waals surface area (Å²) in [7, 11) is 0. The summed E-state index contributed by atoms with van der Waals surface area (Å²) in [4.78, 5) is 45.3. The smallest absolute Gasteiger partial charge is 0.340 e. The molecule has 1 atom stereocenters. The number of hydrogen-bond donors (Lipinski definition) is 2. The van der Waals surface area contributed by atoms with Crippen molar-refractivity contribution in [3.8, 4) is 0 Å². The lowest BCUT2D eigenvalue weighted by molar-refractivity contribution is -0.124. The average molecular weight is 537 g/mol. The summed E-state index contributed by atoms with van der Waals surface area (Å²) < 4.78 is 5.87. The first-order chi connectivity index (χ1) is 19.4. The van der Waals surface area contributed by atoms with E-state index in [-0.39, 0.29) is 5.91 Å². The Morgan fingerprint density at radius 1 is 0.925 bits per heavy atom. The number of nitrogens with one attached hydrogen (secondary N) is 2. The van der Waals surface area contributed by atoms with Gasteiger partial charge in [-0.2, -0.15) is 0 Å². The molecule has 0 aliphatic carbocycles. The number of hydrogen-bond acceptors (Lipinski definition) is 6. The van der Waals surface area contributed by atoms with Gasteiger partial charge in [0.25, 0.3) is 5.91 Å². The van der Waals surface area contributed by atoms with E-state index in [1.807, 2.05) is 42.5 Å². The SMILES string of the molecule is CCC(OC(=O)c1c2c(nc3ccccc13)CCN(Cc1ccccc1)C2)C(=O)Nc1ccc(NC(C)=O)cc1. The maximum absolute atomic E-state index is 13.8.